The van der Waals surface area contributed by atoms with Crippen LogP contribution in [-0.2, 0) is 35.0 Å². The van der Waals surface area contributed by atoms with E-state index in [4.69, 9.17) is 18.6 Å². The van der Waals surface area contributed by atoms with Crippen LogP contribution in [0.5, 0.6) is 0 Å². The molecule has 1 aromatic heterocycles. The second-order valence-electron chi connectivity index (χ2n) is 11.9. The molecular formula is C36H50N4O10. The number of hydrogen-bond acceptors (Lipinski definition) is 11. The van der Waals surface area contributed by atoms with Crippen molar-refractivity contribution in [2.24, 2.45) is 5.41 Å². The Morgan fingerprint density at radius 1 is 1.10 bits per heavy atom. The summed E-state index contributed by atoms with van der Waals surface area (Å²) in [6, 6.07) is -0.761. The summed E-state index contributed by atoms with van der Waals surface area (Å²) >= 11 is 0. The molecule has 3 amide bonds. The lowest BCUT2D eigenvalue weighted by Gasteiger charge is -2.38. The molecule has 2 heterocycles. The summed E-state index contributed by atoms with van der Waals surface area (Å²) < 4.78 is 20.9. The number of amides is 3. The third-order valence-electron chi connectivity index (χ3n) is 8.01. The van der Waals surface area contributed by atoms with Gasteiger partial charge in [0, 0.05) is 33.2 Å². The average Bonchev–Trinajstić information content (AvgIpc) is 3.83. The van der Waals surface area contributed by atoms with E-state index in [1.807, 2.05) is 18.2 Å². The quantitative estimate of drug-likeness (QED) is 0.0721. The fourth-order valence-corrected chi connectivity index (χ4v) is 4.70. The molecular weight excluding hydrogens is 648 g/mol. The molecule has 0 aliphatic carbocycles. The molecule has 50 heavy (non-hydrogen) atoms. The number of hydroxylamine groups is 2. The van der Waals surface area contributed by atoms with E-state index in [9.17, 15) is 29.8 Å². The van der Waals surface area contributed by atoms with E-state index >= 15 is 0 Å². The van der Waals surface area contributed by atoms with Gasteiger partial charge in [-0.15, -0.1) is 0 Å². The maximum absolute atomic E-state index is 13.3. The van der Waals surface area contributed by atoms with E-state index < -0.39 is 54.4 Å². The number of methoxy groups -OCH3 is 1. The summed E-state index contributed by atoms with van der Waals surface area (Å²) in [6.45, 7) is 5.88. The number of oxazole rings is 1. The third kappa shape index (κ3) is 11.9. The predicted molar refractivity (Wildman–Crippen MR) is 185 cm³/mol. The van der Waals surface area contributed by atoms with Crippen molar-refractivity contribution < 1.29 is 48.4 Å². The standard InChI is InChI=1S/C36H50N4O10/c1-27(18-14-11-12-15-19-29-22-37-25-49-29)32(43)35(3,4)33(44)38-21-17-13-9-7-8-10-16-20-31(42)40(46)36(24-48-26-50-36)34(45)39(5)30(23-41)28(2)47-6/h7-18,20,22,25,28,30,32,41,43,46H,19,21,23-24,26H2,1-6H3,(H,38,44)/b9-7+,10-8+,14-11-,15-12+,17-13-,20-16+,27-18-. The molecule has 1 fully saturated rings. The van der Waals surface area contributed by atoms with Gasteiger partial charge >= 0.3 is 0 Å². The molecule has 14 heteroatoms. The Hall–Kier alpha value is -4.44. The van der Waals surface area contributed by atoms with Crippen LogP contribution in [-0.4, -0.2) is 113 Å². The van der Waals surface area contributed by atoms with Gasteiger partial charge < -0.3 is 39.1 Å². The molecule has 0 aromatic carbocycles. The van der Waals surface area contributed by atoms with Gasteiger partial charge in [0.25, 0.3) is 17.5 Å². The first-order valence-corrected chi connectivity index (χ1v) is 16.0. The molecule has 4 unspecified atom stereocenters. The molecule has 4 atom stereocenters. The number of hydrogen-bond donors (Lipinski definition) is 4. The lowest BCUT2D eigenvalue weighted by Crippen LogP contribution is -2.64. The zero-order valence-electron chi connectivity index (χ0n) is 29.5. The first-order chi connectivity index (χ1) is 23.8. The van der Waals surface area contributed by atoms with Crippen molar-refractivity contribution in [3.63, 3.8) is 0 Å². The number of rotatable bonds is 19. The molecule has 0 radical (unpaired) electrons. The minimum Gasteiger partial charge on any atom is -0.448 e. The number of aliphatic hydroxyl groups is 2. The number of aromatic nitrogens is 1. The van der Waals surface area contributed by atoms with Crippen LogP contribution < -0.4 is 5.32 Å². The zero-order valence-corrected chi connectivity index (χ0v) is 29.5. The maximum atomic E-state index is 13.3. The minimum atomic E-state index is -2.13. The molecule has 2 rings (SSSR count). The van der Waals surface area contributed by atoms with Crippen LogP contribution in [0, 0.1) is 5.41 Å². The zero-order chi connectivity index (χ0) is 37.2. The van der Waals surface area contributed by atoms with Crippen molar-refractivity contribution in [1.29, 1.82) is 0 Å². The van der Waals surface area contributed by atoms with Gasteiger partial charge in [0.05, 0.1) is 36.5 Å². The molecule has 0 saturated carbocycles. The van der Waals surface area contributed by atoms with Crippen LogP contribution in [0.15, 0.2) is 102 Å². The van der Waals surface area contributed by atoms with E-state index in [1.54, 1.807) is 76.4 Å². The van der Waals surface area contributed by atoms with E-state index in [0.29, 0.717) is 12.0 Å². The minimum absolute atomic E-state index is 0.180. The van der Waals surface area contributed by atoms with Crippen LogP contribution in [0.1, 0.15) is 33.5 Å². The number of allylic oxidation sites excluding steroid dienone is 11. The smallest absolute Gasteiger partial charge is 0.281 e. The molecule has 14 nitrogen and oxygen atoms in total. The van der Waals surface area contributed by atoms with Gasteiger partial charge in [-0.05, 0) is 33.3 Å². The Bertz CT molecular complexity index is 1440. The number of likely N-dealkylation sites (N-methyl/N-ethyl adjacent to an activating group) is 1. The highest BCUT2D eigenvalue weighted by Gasteiger charge is 2.54. The van der Waals surface area contributed by atoms with Gasteiger partial charge in [0.1, 0.15) is 12.4 Å². The largest absolute Gasteiger partial charge is 0.448 e. The summed E-state index contributed by atoms with van der Waals surface area (Å²) in [6.07, 6.45) is 23.7. The third-order valence-corrected chi connectivity index (χ3v) is 8.01. The Balaban J connectivity index is 1.82. The second kappa shape index (κ2) is 20.9. The van der Waals surface area contributed by atoms with Crippen molar-refractivity contribution >= 4 is 17.7 Å². The lowest BCUT2D eigenvalue weighted by molar-refractivity contribution is -0.247. The molecule has 1 aliphatic rings. The summed E-state index contributed by atoms with van der Waals surface area (Å²) in [5.41, 5.74) is -2.55. The number of nitrogens with one attached hydrogen (secondary N) is 1. The highest BCUT2D eigenvalue weighted by Crippen LogP contribution is 2.27. The van der Waals surface area contributed by atoms with Crippen molar-refractivity contribution in [3.05, 3.63) is 103 Å². The number of nitrogens with zero attached hydrogens (tertiary/aromatic N) is 3. The highest BCUT2D eigenvalue weighted by atomic mass is 16.8. The van der Waals surface area contributed by atoms with Crippen molar-refractivity contribution in [2.45, 2.75) is 58.1 Å². The highest BCUT2D eigenvalue weighted by molar-refractivity contribution is 5.94. The first kappa shape index (κ1) is 41.7. The summed E-state index contributed by atoms with van der Waals surface area (Å²) in [5, 5.41) is 34.2. The van der Waals surface area contributed by atoms with Crippen molar-refractivity contribution in [3.8, 4) is 0 Å². The molecule has 1 aliphatic heterocycles. The first-order valence-electron chi connectivity index (χ1n) is 16.0. The predicted octanol–water partition coefficient (Wildman–Crippen LogP) is 2.78. The van der Waals surface area contributed by atoms with Gasteiger partial charge in [-0.2, -0.15) is 5.06 Å². The van der Waals surface area contributed by atoms with Crippen molar-refractivity contribution in [2.75, 3.05) is 40.7 Å². The van der Waals surface area contributed by atoms with Crippen molar-refractivity contribution in [1.82, 2.24) is 20.3 Å². The fraction of sp³-hybridized carbons (Fsp3) is 0.444. The molecule has 1 aromatic rings. The SMILES string of the molecule is COC(C)C(CO)N(C)C(=O)C1(N(O)C(=O)/C=C/C=C/C=C/C=C\CNC(=O)C(C)(C)C(O)\C(C)=C/C=C\C=C\Cc2cnco2)COCO1. The van der Waals surface area contributed by atoms with E-state index in [1.165, 1.54) is 32.7 Å². The van der Waals surface area contributed by atoms with E-state index in [2.05, 4.69) is 10.3 Å². The van der Waals surface area contributed by atoms with Gasteiger partial charge in [0.2, 0.25) is 5.91 Å². The average molecular weight is 699 g/mol. The van der Waals surface area contributed by atoms with Gasteiger partial charge in [0.15, 0.2) is 13.2 Å². The van der Waals surface area contributed by atoms with E-state index in [0.717, 1.165) is 16.7 Å². The maximum Gasteiger partial charge on any atom is 0.281 e. The number of ether oxygens (including phenoxy) is 3. The Morgan fingerprint density at radius 2 is 1.76 bits per heavy atom. The Kier molecular flexibility index (Phi) is 17.5. The van der Waals surface area contributed by atoms with Crippen LogP contribution in [0.25, 0.3) is 0 Å². The molecule has 1 saturated heterocycles. The Morgan fingerprint density at radius 3 is 2.38 bits per heavy atom. The van der Waals surface area contributed by atoms with Crippen LogP contribution in [0.2, 0.25) is 0 Å². The summed E-state index contributed by atoms with van der Waals surface area (Å²) in [5.74, 6) is -1.26. The summed E-state index contributed by atoms with van der Waals surface area (Å²) in [7, 11) is 2.84. The number of carbonyl (C=O) groups is 3. The summed E-state index contributed by atoms with van der Waals surface area (Å²) in [4.78, 5) is 43.8. The molecule has 0 spiro atoms. The molecule has 0 bridgehead atoms. The second-order valence-corrected chi connectivity index (χ2v) is 11.9. The van der Waals surface area contributed by atoms with Gasteiger partial charge in [-0.1, -0.05) is 72.9 Å². The lowest BCUT2D eigenvalue weighted by atomic mass is 9.81. The normalized spacial score (nSPS) is 19.4. The Labute approximate surface area is 293 Å². The van der Waals surface area contributed by atoms with E-state index in [-0.39, 0.29) is 24.3 Å². The van der Waals surface area contributed by atoms with Crippen LogP contribution in [0.4, 0.5) is 0 Å². The molecule has 4 N–H and O–H groups in total. The number of carbonyl (C=O) groups excluding carboxylic acids is 3. The molecule has 274 valence electrons. The van der Waals surface area contributed by atoms with Crippen LogP contribution >= 0.6 is 0 Å². The van der Waals surface area contributed by atoms with Gasteiger partial charge in [-0.25, -0.2) is 4.98 Å². The number of aliphatic hydroxyl groups excluding tert-OH is 2. The topological polar surface area (TPSA) is 184 Å². The van der Waals surface area contributed by atoms with Crippen LogP contribution in [0.3, 0.4) is 0 Å². The fourth-order valence-electron chi connectivity index (χ4n) is 4.70. The van der Waals surface area contributed by atoms with Gasteiger partial charge in [-0.3, -0.25) is 19.6 Å². The monoisotopic (exact) mass is 698 g/mol.